The molecule has 1 atom stereocenters. The third-order valence-corrected chi connectivity index (χ3v) is 3.70. The van der Waals surface area contributed by atoms with E-state index in [0.717, 1.165) is 16.6 Å². The smallest absolute Gasteiger partial charge is 0.0889 e. The van der Waals surface area contributed by atoms with Crippen LogP contribution < -0.4 is 5.32 Å². The van der Waals surface area contributed by atoms with Gasteiger partial charge < -0.3 is 0 Å². The van der Waals surface area contributed by atoms with E-state index in [1.165, 1.54) is 5.56 Å². The predicted molar refractivity (Wildman–Crippen MR) is 89.0 cm³/mol. The van der Waals surface area contributed by atoms with E-state index in [1.807, 2.05) is 31.6 Å². The fraction of sp³-hybridized carbons (Fsp3) is 0.235. The Kier molecular flexibility index (Phi) is 4.25. The Morgan fingerprint density at radius 2 is 2.18 bits per heavy atom. The number of hydrogen-bond acceptors (Lipinski definition) is 4. The van der Waals surface area contributed by atoms with Gasteiger partial charge in [-0.15, -0.1) is 0 Å². The Morgan fingerprint density at radius 3 is 3.00 bits per heavy atom. The van der Waals surface area contributed by atoms with Gasteiger partial charge in [-0.3, -0.25) is 20.0 Å². The number of pyridine rings is 1. The number of nitrogens with zero attached hydrogens (tertiary/aromatic N) is 4. The normalized spacial score (nSPS) is 13.0. The van der Waals surface area contributed by atoms with E-state index in [1.54, 1.807) is 10.9 Å². The molecular formula is C17H19N5. The summed E-state index contributed by atoms with van der Waals surface area (Å²) in [4.78, 5) is 8.73. The zero-order chi connectivity index (χ0) is 15.4. The zero-order valence-electron chi connectivity index (χ0n) is 12.8. The van der Waals surface area contributed by atoms with Crippen LogP contribution in [-0.2, 0) is 7.05 Å². The van der Waals surface area contributed by atoms with Crippen molar-refractivity contribution in [3.05, 3.63) is 60.0 Å². The van der Waals surface area contributed by atoms with Crippen LogP contribution in [0.1, 0.15) is 24.2 Å². The van der Waals surface area contributed by atoms with E-state index in [9.17, 15) is 0 Å². The third kappa shape index (κ3) is 3.20. The summed E-state index contributed by atoms with van der Waals surface area (Å²) in [5, 5.41) is 8.66. The maximum atomic E-state index is 4.39. The average Bonchev–Trinajstić information content (AvgIpc) is 2.96. The maximum absolute atomic E-state index is 4.39. The molecule has 3 rings (SSSR count). The molecule has 3 aromatic rings. The summed E-state index contributed by atoms with van der Waals surface area (Å²) in [6.07, 6.45) is 5.41. The van der Waals surface area contributed by atoms with E-state index in [0.29, 0.717) is 6.67 Å². The number of nitrogens with one attached hydrogen (secondary N) is 1. The van der Waals surface area contributed by atoms with Crippen molar-refractivity contribution in [3.8, 4) is 0 Å². The van der Waals surface area contributed by atoms with Crippen LogP contribution in [0.25, 0.3) is 10.9 Å². The molecule has 0 aliphatic carbocycles. The van der Waals surface area contributed by atoms with Gasteiger partial charge in [-0.05, 0) is 36.8 Å². The quantitative estimate of drug-likeness (QED) is 0.736. The van der Waals surface area contributed by atoms with Gasteiger partial charge in [0.25, 0.3) is 0 Å². The van der Waals surface area contributed by atoms with Crippen molar-refractivity contribution in [1.82, 2.24) is 20.1 Å². The number of aryl methyl sites for hydroxylation is 1. The Balaban J connectivity index is 1.62. The first-order valence-corrected chi connectivity index (χ1v) is 7.30. The van der Waals surface area contributed by atoms with Gasteiger partial charge in [-0.2, -0.15) is 5.10 Å². The van der Waals surface area contributed by atoms with Crippen LogP contribution in [0.5, 0.6) is 0 Å². The highest BCUT2D eigenvalue weighted by molar-refractivity contribution is 5.79. The van der Waals surface area contributed by atoms with Crippen molar-refractivity contribution in [3.63, 3.8) is 0 Å². The third-order valence-electron chi connectivity index (χ3n) is 3.70. The second kappa shape index (κ2) is 6.49. The summed E-state index contributed by atoms with van der Waals surface area (Å²) in [7, 11) is 1.90. The molecule has 5 heteroatoms. The van der Waals surface area contributed by atoms with Crippen LogP contribution >= 0.6 is 0 Å². The van der Waals surface area contributed by atoms with Gasteiger partial charge in [0.2, 0.25) is 0 Å². The fourth-order valence-corrected chi connectivity index (χ4v) is 2.32. The lowest BCUT2D eigenvalue weighted by Crippen LogP contribution is -2.18. The van der Waals surface area contributed by atoms with Crippen molar-refractivity contribution in [2.75, 3.05) is 6.67 Å². The van der Waals surface area contributed by atoms with E-state index >= 15 is 0 Å². The van der Waals surface area contributed by atoms with Gasteiger partial charge in [0, 0.05) is 37.1 Å². The van der Waals surface area contributed by atoms with Gasteiger partial charge >= 0.3 is 0 Å². The number of fused-ring (bicyclic) bond motifs is 1. The molecule has 22 heavy (non-hydrogen) atoms. The topological polar surface area (TPSA) is 55.1 Å². The van der Waals surface area contributed by atoms with Gasteiger partial charge in [-0.1, -0.05) is 12.1 Å². The molecule has 5 nitrogen and oxygen atoms in total. The number of benzene rings is 1. The van der Waals surface area contributed by atoms with Gasteiger partial charge in [0.15, 0.2) is 0 Å². The molecule has 0 spiro atoms. The molecule has 112 valence electrons. The minimum absolute atomic E-state index is 0.230. The van der Waals surface area contributed by atoms with E-state index < -0.39 is 0 Å². The van der Waals surface area contributed by atoms with Crippen LogP contribution in [0.2, 0.25) is 0 Å². The Labute approximate surface area is 129 Å². The van der Waals surface area contributed by atoms with Crippen LogP contribution in [0, 0.1) is 0 Å². The molecule has 2 aromatic heterocycles. The summed E-state index contributed by atoms with van der Waals surface area (Å²) < 4.78 is 1.79. The number of aromatic nitrogens is 3. The molecule has 1 N–H and O–H groups in total. The van der Waals surface area contributed by atoms with Crippen LogP contribution in [-0.4, -0.2) is 27.6 Å². The number of hydrogen-bond donors (Lipinski definition) is 1. The minimum atomic E-state index is 0.230. The van der Waals surface area contributed by atoms with Crippen molar-refractivity contribution >= 4 is 17.1 Å². The van der Waals surface area contributed by atoms with Crippen molar-refractivity contribution in [1.29, 1.82) is 0 Å². The molecule has 0 aliphatic heterocycles. The molecule has 2 heterocycles. The monoisotopic (exact) mass is 293 g/mol. The Bertz CT molecular complexity index is 790. The van der Waals surface area contributed by atoms with Gasteiger partial charge in [0.1, 0.15) is 0 Å². The highest BCUT2D eigenvalue weighted by Gasteiger charge is 2.05. The molecule has 1 aromatic carbocycles. The first kappa shape index (κ1) is 14.4. The minimum Gasteiger partial charge on any atom is -0.292 e. The zero-order valence-corrected chi connectivity index (χ0v) is 12.8. The summed E-state index contributed by atoms with van der Waals surface area (Å²) in [6, 6.07) is 12.5. The second-order valence-electron chi connectivity index (χ2n) is 5.23. The average molecular weight is 293 g/mol. The van der Waals surface area contributed by atoms with Crippen molar-refractivity contribution < 1.29 is 0 Å². The Hall–Kier alpha value is -2.53. The molecule has 0 saturated heterocycles. The standard InChI is InChI=1S/C17H19N5/c1-13(20-12-18-11-16-7-9-21-22(16)2)14-5-6-17-15(10-14)4-3-8-19-17/h3-11,13,20H,12H2,1-2H3/b18-11+. The maximum Gasteiger partial charge on any atom is 0.0889 e. The highest BCUT2D eigenvalue weighted by Crippen LogP contribution is 2.18. The molecule has 0 bridgehead atoms. The first-order chi connectivity index (χ1) is 10.7. The fourth-order valence-electron chi connectivity index (χ4n) is 2.32. The lowest BCUT2D eigenvalue weighted by Gasteiger charge is -2.13. The van der Waals surface area contributed by atoms with Crippen molar-refractivity contribution in [2.24, 2.45) is 12.0 Å². The molecule has 0 radical (unpaired) electrons. The second-order valence-corrected chi connectivity index (χ2v) is 5.23. The molecule has 0 fully saturated rings. The molecular weight excluding hydrogens is 274 g/mol. The lowest BCUT2D eigenvalue weighted by atomic mass is 10.1. The highest BCUT2D eigenvalue weighted by atomic mass is 15.3. The number of aliphatic imine (C=N–C) groups is 1. The van der Waals surface area contributed by atoms with Gasteiger partial charge in [0.05, 0.1) is 17.9 Å². The summed E-state index contributed by atoms with van der Waals surface area (Å²) in [5.74, 6) is 0. The Morgan fingerprint density at radius 1 is 1.27 bits per heavy atom. The van der Waals surface area contributed by atoms with Crippen LogP contribution in [0.4, 0.5) is 0 Å². The van der Waals surface area contributed by atoms with Crippen molar-refractivity contribution in [2.45, 2.75) is 13.0 Å². The first-order valence-electron chi connectivity index (χ1n) is 7.30. The predicted octanol–water partition coefficient (Wildman–Crippen LogP) is 2.70. The lowest BCUT2D eigenvalue weighted by molar-refractivity contribution is 0.590. The van der Waals surface area contributed by atoms with Gasteiger partial charge in [-0.25, -0.2) is 0 Å². The SMILES string of the molecule is CC(NC/N=C/c1ccnn1C)c1ccc2ncccc2c1. The molecule has 0 saturated carbocycles. The molecule has 1 unspecified atom stereocenters. The van der Waals surface area contributed by atoms with E-state index in [-0.39, 0.29) is 6.04 Å². The largest absolute Gasteiger partial charge is 0.292 e. The summed E-state index contributed by atoms with van der Waals surface area (Å²) in [6.45, 7) is 2.70. The van der Waals surface area contributed by atoms with E-state index in [2.05, 4.69) is 51.6 Å². The van der Waals surface area contributed by atoms with E-state index in [4.69, 9.17) is 0 Å². The molecule has 0 amide bonds. The van der Waals surface area contributed by atoms with Crippen LogP contribution in [0.15, 0.2) is 53.8 Å². The van der Waals surface area contributed by atoms with Crippen LogP contribution in [0.3, 0.4) is 0 Å². The molecule has 0 aliphatic rings. The summed E-state index contributed by atoms with van der Waals surface area (Å²) in [5.41, 5.74) is 3.25. The number of rotatable bonds is 5. The summed E-state index contributed by atoms with van der Waals surface area (Å²) >= 11 is 0.